The summed E-state index contributed by atoms with van der Waals surface area (Å²) in [5.74, 6) is -0.303. The minimum atomic E-state index is -0.272. The summed E-state index contributed by atoms with van der Waals surface area (Å²) in [6.07, 6.45) is 4.71. The average Bonchev–Trinajstić information content (AvgIpc) is 2.98. The van der Waals surface area contributed by atoms with Crippen LogP contribution >= 0.6 is 0 Å². The normalized spacial score (nSPS) is 15.8. The van der Waals surface area contributed by atoms with Gasteiger partial charge in [-0.1, -0.05) is 31.0 Å². The highest BCUT2D eigenvalue weighted by Crippen LogP contribution is 2.17. The highest BCUT2D eigenvalue weighted by molar-refractivity contribution is 6.01. The van der Waals surface area contributed by atoms with Crippen molar-refractivity contribution < 1.29 is 9.59 Å². The van der Waals surface area contributed by atoms with E-state index in [1.165, 1.54) is 12.8 Å². The molecule has 2 N–H and O–H groups in total. The standard InChI is InChI=1S/C16H21N3O2/c1-12(11-15(20)17-14-9-5-6-10-14)18-19-16(21)13-7-3-2-4-8-13/h2-4,7-8,14H,5-6,9-11H2,1H3,(H,17,20)(H,19,21)/b18-12+. The Morgan fingerprint density at radius 1 is 1.19 bits per heavy atom. The van der Waals surface area contributed by atoms with Crippen molar-refractivity contribution in [3.63, 3.8) is 0 Å². The Bertz CT molecular complexity index is 520. The van der Waals surface area contributed by atoms with Gasteiger partial charge in [0, 0.05) is 17.3 Å². The summed E-state index contributed by atoms with van der Waals surface area (Å²) in [5, 5.41) is 6.97. The second kappa shape index (κ2) is 7.57. The van der Waals surface area contributed by atoms with E-state index in [2.05, 4.69) is 15.8 Å². The Labute approximate surface area is 124 Å². The molecular formula is C16H21N3O2. The lowest BCUT2D eigenvalue weighted by atomic mass is 10.2. The van der Waals surface area contributed by atoms with E-state index in [4.69, 9.17) is 0 Å². The number of carbonyl (C=O) groups excluding carboxylic acids is 2. The number of hydrazone groups is 1. The van der Waals surface area contributed by atoms with Gasteiger partial charge in [-0.3, -0.25) is 9.59 Å². The van der Waals surface area contributed by atoms with Crippen LogP contribution in [-0.4, -0.2) is 23.6 Å². The lowest BCUT2D eigenvalue weighted by Gasteiger charge is -2.11. The monoisotopic (exact) mass is 287 g/mol. The van der Waals surface area contributed by atoms with Gasteiger partial charge in [0.2, 0.25) is 5.91 Å². The minimum absolute atomic E-state index is 0.0305. The molecule has 2 rings (SSSR count). The van der Waals surface area contributed by atoms with Gasteiger partial charge in [0.05, 0.1) is 6.42 Å². The van der Waals surface area contributed by atoms with Gasteiger partial charge in [-0.05, 0) is 31.9 Å². The van der Waals surface area contributed by atoms with Crippen LogP contribution in [0.4, 0.5) is 0 Å². The smallest absolute Gasteiger partial charge is 0.271 e. The van der Waals surface area contributed by atoms with Crippen molar-refractivity contribution in [2.75, 3.05) is 0 Å². The lowest BCUT2D eigenvalue weighted by Crippen LogP contribution is -2.33. The maximum Gasteiger partial charge on any atom is 0.271 e. The van der Waals surface area contributed by atoms with Crippen LogP contribution in [0.3, 0.4) is 0 Å². The van der Waals surface area contributed by atoms with E-state index in [1.807, 2.05) is 6.07 Å². The van der Waals surface area contributed by atoms with E-state index in [-0.39, 0.29) is 18.2 Å². The first-order valence-corrected chi connectivity index (χ1v) is 7.33. The average molecular weight is 287 g/mol. The van der Waals surface area contributed by atoms with Crippen LogP contribution in [0, 0.1) is 0 Å². The first-order valence-electron chi connectivity index (χ1n) is 7.33. The van der Waals surface area contributed by atoms with Gasteiger partial charge in [0.15, 0.2) is 0 Å². The van der Waals surface area contributed by atoms with Crippen molar-refractivity contribution in [2.45, 2.75) is 45.1 Å². The molecule has 1 aliphatic carbocycles. The van der Waals surface area contributed by atoms with Crippen LogP contribution in [0.5, 0.6) is 0 Å². The van der Waals surface area contributed by atoms with Crippen molar-refractivity contribution in [3.05, 3.63) is 35.9 Å². The summed E-state index contributed by atoms with van der Waals surface area (Å²) in [6, 6.07) is 9.17. The fourth-order valence-corrected chi connectivity index (χ4v) is 2.42. The zero-order valence-corrected chi connectivity index (χ0v) is 12.3. The number of carbonyl (C=O) groups is 2. The Hall–Kier alpha value is -2.17. The molecule has 1 aromatic carbocycles. The molecule has 0 aliphatic heterocycles. The number of hydrogen-bond donors (Lipinski definition) is 2. The maximum absolute atomic E-state index is 11.8. The molecule has 0 bridgehead atoms. The third kappa shape index (κ3) is 5.02. The van der Waals surface area contributed by atoms with E-state index in [1.54, 1.807) is 31.2 Å². The molecule has 0 aromatic heterocycles. The van der Waals surface area contributed by atoms with Gasteiger partial charge in [-0.25, -0.2) is 5.43 Å². The Morgan fingerprint density at radius 3 is 2.52 bits per heavy atom. The fourth-order valence-electron chi connectivity index (χ4n) is 2.42. The van der Waals surface area contributed by atoms with Crippen LogP contribution in [0.15, 0.2) is 35.4 Å². The molecule has 0 spiro atoms. The third-order valence-corrected chi connectivity index (χ3v) is 3.52. The zero-order chi connectivity index (χ0) is 15.1. The predicted octanol–water partition coefficient (Wildman–Crippen LogP) is 2.24. The number of nitrogens with one attached hydrogen (secondary N) is 2. The van der Waals surface area contributed by atoms with Crippen molar-refractivity contribution >= 4 is 17.5 Å². The molecule has 1 aliphatic rings. The molecule has 5 nitrogen and oxygen atoms in total. The van der Waals surface area contributed by atoms with E-state index in [0.29, 0.717) is 17.3 Å². The van der Waals surface area contributed by atoms with Gasteiger partial charge in [0.25, 0.3) is 5.91 Å². The van der Waals surface area contributed by atoms with Crippen LogP contribution < -0.4 is 10.7 Å². The van der Waals surface area contributed by atoms with Gasteiger partial charge < -0.3 is 5.32 Å². The molecule has 1 aromatic rings. The van der Waals surface area contributed by atoms with E-state index in [0.717, 1.165) is 12.8 Å². The molecule has 0 atom stereocenters. The molecule has 1 saturated carbocycles. The zero-order valence-electron chi connectivity index (χ0n) is 12.3. The van der Waals surface area contributed by atoms with E-state index >= 15 is 0 Å². The summed E-state index contributed by atoms with van der Waals surface area (Å²) in [5.41, 5.74) is 3.60. The maximum atomic E-state index is 11.8. The first kappa shape index (κ1) is 15.2. The summed E-state index contributed by atoms with van der Waals surface area (Å²) < 4.78 is 0. The van der Waals surface area contributed by atoms with Crippen molar-refractivity contribution in [3.8, 4) is 0 Å². The van der Waals surface area contributed by atoms with Gasteiger partial charge in [0.1, 0.15) is 0 Å². The molecule has 0 saturated heterocycles. The first-order chi connectivity index (χ1) is 10.1. The van der Waals surface area contributed by atoms with E-state index in [9.17, 15) is 9.59 Å². The summed E-state index contributed by atoms with van der Waals surface area (Å²) in [4.78, 5) is 23.6. The highest BCUT2D eigenvalue weighted by atomic mass is 16.2. The fraction of sp³-hybridized carbons (Fsp3) is 0.438. The Kier molecular flexibility index (Phi) is 5.49. The van der Waals surface area contributed by atoms with Crippen molar-refractivity contribution in [2.24, 2.45) is 5.10 Å². The highest BCUT2D eigenvalue weighted by Gasteiger charge is 2.17. The Morgan fingerprint density at radius 2 is 1.86 bits per heavy atom. The third-order valence-electron chi connectivity index (χ3n) is 3.52. The number of hydrogen-bond acceptors (Lipinski definition) is 3. The quantitative estimate of drug-likeness (QED) is 0.644. The molecule has 2 amide bonds. The number of amides is 2. The lowest BCUT2D eigenvalue weighted by molar-refractivity contribution is -0.120. The number of nitrogens with zero attached hydrogens (tertiary/aromatic N) is 1. The molecule has 5 heteroatoms. The molecular weight excluding hydrogens is 266 g/mol. The van der Waals surface area contributed by atoms with Crippen LogP contribution in [-0.2, 0) is 4.79 Å². The molecule has 1 fully saturated rings. The largest absolute Gasteiger partial charge is 0.353 e. The molecule has 21 heavy (non-hydrogen) atoms. The Balaban J connectivity index is 1.78. The summed E-state index contributed by atoms with van der Waals surface area (Å²) in [7, 11) is 0. The van der Waals surface area contributed by atoms with E-state index < -0.39 is 0 Å². The predicted molar refractivity (Wildman–Crippen MR) is 82.0 cm³/mol. The molecule has 112 valence electrons. The van der Waals surface area contributed by atoms with Crippen LogP contribution in [0.2, 0.25) is 0 Å². The minimum Gasteiger partial charge on any atom is -0.353 e. The second-order valence-corrected chi connectivity index (χ2v) is 5.38. The molecule has 0 radical (unpaired) electrons. The summed E-state index contributed by atoms with van der Waals surface area (Å²) in [6.45, 7) is 1.74. The summed E-state index contributed by atoms with van der Waals surface area (Å²) >= 11 is 0. The van der Waals surface area contributed by atoms with Crippen LogP contribution in [0.25, 0.3) is 0 Å². The topological polar surface area (TPSA) is 70.6 Å². The molecule has 0 heterocycles. The number of rotatable bonds is 5. The van der Waals surface area contributed by atoms with Gasteiger partial charge >= 0.3 is 0 Å². The van der Waals surface area contributed by atoms with Crippen molar-refractivity contribution in [1.82, 2.24) is 10.7 Å². The van der Waals surface area contributed by atoms with Crippen molar-refractivity contribution in [1.29, 1.82) is 0 Å². The SMILES string of the molecule is C/C(CC(=O)NC1CCCC1)=N\NC(=O)c1ccccc1. The molecule has 0 unspecified atom stereocenters. The number of benzene rings is 1. The second-order valence-electron chi connectivity index (χ2n) is 5.38. The van der Waals surface area contributed by atoms with Gasteiger partial charge in [-0.15, -0.1) is 0 Å². The van der Waals surface area contributed by atoms with Crippen LogP contribution in [0.1, 0.15) is 49.4 Å². The van der Waals surface area contributed by atoms with Gasteiger partial charge in [-0.2, -0.15) is 5.10 Å².